The summed E-state index contributed by atoms with van der Waals surface area (Å²) in [5.74, 6) is 0.152. The van der Waals surface area contributed by atoms with Crippen LogP contribution in [0.1, 0.15) is 28.8 Å². The third kappa shape index (κ3) is 2.75. The summed E-state index contributed by atoms with van der Waals surface area (Å²) < 4.78 is -0.346. The molecule has 1 amide bonds. The summed E-state index contributed by atoms with van der Waals surface area (Å²) in [4.78, 5) is 14.3. The van der Waals surface area contributed by atoms with Crippen molar-refractivity contribution in [2.45, 2.75) is 24.5 Å². The molecule has 5 heteroatoms. The van der Waals surface area contributed by atoms with E-state index in [9.17, 15) is 15.2 Å². The summed E-state index contributed by atoms with van der Waals surface area (Å²) >= 11 is 1.58. The minimum absolute atomic E-state index is 0.0184. The van der Waals surface area contributed by atoms with E-state index in [1.165, 1.54) is 6.07 Å². The second-order valence-electron chi connectivity index (χ2n) is 5.10. The van der Waals surface area contributed by atoms with Gasteiger partial charge in [0.1, 0.15) is 10.5 Å². The first kappa shape index (κ1) is 14.7. The molecular weight excluding hydrogens is 272 g/mol. The molecule has 1 aliphatic heterocycles. The van der Waals surface area contributed by atoms with Crippen LogP contribution in [0.2, 0.25) is 0 Å². The molecular formula is C15H18N2O2S. The molecule has 0 aliphatic carbocycles. The van der Waals surface area contributed by atoms with E-state index in [1.54, 1.807) is 28.8 Å². The number of hydrogen-bond acceptors (Lipinski definition) is 4. The van der Waals surface area contributed by atoms with Crippen molar-refractivity contribution in [1.82, 2.24) is 4.90 Å². The molecule has 2 rings (SSSR count). The minimum Gasteiger partial charge on any atom is -0.508 e. The number of rotatable bonds is 2. The van der Waals surface area contributed by atoms with Crippen molar-refractivity contribution in [3.8, 4) is 11.8 Å². The van der Waals surface area contributed by atoms with E-state index in [2.05, 4.69) is 6.07 Å². The summed E-state index contributed by atoms with van der Waals surface area (Å²) in [5.41, 5.74) is 1.40. The fraction of sp³-hybridized carbons (Fsp3) is 0.467. The fourth-order valence-electron chi connectivity index (χ4n) is 2.49. The van der Waals surface area contributed by atoms with Gasteiger partial charge in [-0.05, 0) is 49.8 Å². The zero-order valence-electron chi connectivity index (χ0n) is 11.7. The first-order chi connectivity index (χ1) is 9.51. The number of hydrogen-bond donors (Lipinski definition) is 1. The van der Waals surface area contributed by atoms with Crippen molar-refractivity contribution in [2.75, 3.05) is 19.3 Å². The van der Waals surface area contributed by atoms with Crippen LogP contribution in [0.5, 0.6) is 5.75 Å². The van der Waals surface area contributed by atoms with Crippen LogP contribution in [-0.4, -0.2) is 40.0 Å². The van der Waals surface area contributed by atoms with Crippen LogP contribution in [0, 0.1) is 18.3 Å². The zero-order chi connectivity index (χ0) is 14.8. The van der Waals surface area contributed by atoms with E-state index < -0.39 is 0 Å². The number of carbonyl (C=O) groups excluding carboxylic acids is 1. The highest BCUT2D eigenvalue weighted by atomic mass is 32.2. The van der Waals surface area contributed by atoms with E-state index in [0.29, 0.717) is 31.5 Å². The number of benzene rings is 1. The van der Waals surface area contributed by atoms with Crippen molar-refractivity contribution < 1.29 is 9.90 Å². The molecule has 20 heavy (non-hydrogen) atoms. The van der Waals surface area contributed by atoms with Gasteiger partial charge in [0.2, 0.25) is 0 Å². The third-order valence-electron chi connectivity index (χ3n) is 3.89. The molecule has 4 nitrogen and oxygen atoms in total. The quantitative estimate of drug-likeness (QED) is 0.909. The number of piperidine rings is 1. The molecule has 1 fully saturated rings. The van der Waals surface area contributed by atoms with Crippen molar-refractivity contribution in [1.29, 1.82) is 5.26 Å². The Hall–Kier alpha value is -1.67. The number of phenols is 1. The van der Waals surface area contributed by atoms with E-state index in [0.717, 1.165) is 5.56 Å². The Morgan fingerprint density at radius 2 is 2.10 bits per heavy atom. The molecule has 0 bridgehead atoms. The molecule has 1 saturated heterocycles. The average molecular weight is 290 g/mol. The van der Waals surface area contributed by atoms with Gasteiger partial charge in [-0.15, -0.1) is 11.8 Å². The Morgan fingerprint density at radius 1 is 1.45 bits per heavy atom. The number of nitrogens with zero attached hydrogens (tertiary/aromatic N) is 2. The number of carbonyl (C=O) groups is 1. The van der Waals surface area contributed by atoms with E-state index in [1.807, 2.05) is 13.2 Å². The molecule has 0 radical (unpaired) electrons. The first-order valence-corrected chi connectivity index (χ1v) is 7.79. The normalized spacial score (nSPS) is 17.6. The van der Waals surface area contributed by atoms with Crippen molar-refractivity contribution in [3.05, 3.63) is 29.3 Å². The smallest absolute Gasteiger partial charge is 0.254 e. The van der Waals surface area contributed by atoms with Crippen LogP contribution in [0.3, 0.4) is 0 Å². The van der Waals surface area contributed by atoms with Gasteiger partial charge in [-0.2, -0.15) is 5.26 Å². The van der Waals surface area contributed by atoms with Crippen molar-refractivity contribution >= 4 is 17.7 Å². The Bertz CT molecular complexity index is 557. The lowest BCUT2D eigenvalue weighted by molar-refractivity contribution is 0.0716. The molecule has 1 heterocycles. The fourth-order valence-corrected chi connectivity index (χ4v) is 3.17. The maximum atomic E-state index is 12.5. The van der Waals surface area contributed by atoms with Gasteiger partial charge >= 0.3 is 0 Å². The van der Waals surface area contributed by atoms with Gasteiger partial charge in [0.25, 0.3) is 5.91 Å². The molecule has 1 aromatic carbocycles. The average Bonchev–Trinajstić information content (AvgIpc) is 2.47. The second-order valence-corrected chi connectivity index (χ2v) is 6.29. The number of aryl methyl sites for hydroxylation is 1. The van der Waals surface area contributed by atoms with Crippen molar-refractivity contribution in [2.24, 2.45) is 0 Å². The predicted octanol–water partition coefficient (Wildman–Crippen LogP) is 2.56. The molecule has 0 aromatic heterocycles. The number of thioether (sulfide) groups is 1. The lowest BCUT2D eigenvalue weighted by atomic mass is 9.96. The molecule has 0 spiro atoms. The molecule has 1 aliphatic rings. The van der Waals surface area contributed by atoms with Crippen molar-refractivity contribution in [3.63, 3.8) is 0 Å². The molecule has 1 aromatic rings. The molecule has 106 valence electrons. The predicted molar refractivity (Wildman–Crippen MR) is 79.8 cm³/mol. The summed E-state index contributed by atoms with van der Waals surface area (Å²) in [5, 5.41) is 18.7. The number of nitriles is 1. The van der Waals surface area contributed by atoms with E-state index in [4.69, 9.17) is 0 Å². The van der Waals surface area contributed by atoms with E-state index >= 15 is 0 Å². The summed E-state index contributed by atoms with van der Waals surface area (Å²) in [6.07, 6.45) is 3.35. The van der Waals surface area contributed by atoms with Crippen LogP contribution in [-0.2, 0) is 0 Å². The van der Waals surface area contributed by atoms with E-state index in [-0.39, 0.29) is 16.4 Å². The minimum atomic E-state index is -0.346. The highest BCUT2D eigenvalue weighted by molar-refractivity contribution is 8.00. The topological polar surface area (TPSA) is 64.3 Å². The van der Waals surface area contributed by atoms with Gasteiger partial charge in [0.05, 0.1) is 6.07 Å². The zero-order valence-corrected chi connectivity index (χ0v) is 12.5. The lowest BCUT2D eigenvalue weighted by Gasteiger charge is -2.36. The Labute approximate surface area is 123 Å². The number of aromatic hydroxyl groups is 1. The van der Waals surface area contributed by atoms with Crippen LogP contribution in [0.15, 0.2) is 18.2 Å². The SMILES string of the molecule is CSC1(C#N)CCN(C(=O)c2ccc(O)cc2C)CC1. The molecule has 0 unspecified atom stereocenters. The van der Waals surface area contributed by atoms with Crippen LogP contribution in [0.25, 0.3) is 0 Å². The van der Waals surface area contributed by atoms with Gasteiger partial charge in [-0.3, -0.25) is 4.79 Å². The first-order valence-electron chi connectivity index (χ1n) is 6.56. The van der Waals surface area contributed by atoms with Gasteiger partial charge < -0.3 is 10.0 Å². The Morgan fingerprint density at radius 3 is 2.60 bits per heavy atom. The summed E-state index contributed by atoms with van der Waals surface area (Å²) in [6, 6.07) is 7.17. The monoisotopic (exact) mass is 290 g/mol. The lowest BCUT2D eigenvalue weighted by Crippen LogP contribution is -2.44. The van der Waals surface area contributed by atoms with Gasteiger partial charge in [0, 0.05) is 18.7 Å². The largest absolute Gasteiger partial charge is 0.508 e. The molecule has 0 saturated carbocycles. The van der Waals surface area contributed by atoms with Crippen LogP contribution >= 0.6 is 11.8 Å². The van der Waals surface area contributed by atoms with Gasteiger partial charge in [-0.1, -0.05) is 0 Å². The molecule has 1 N–H and O–H groups in total. The van der Waals surface area contributed by atoms with Gasteiger partial charge in [0.15, 0.2) is 0 Å². The highest BCUT2D eigenvalue weighted by Crippen LogP contribution is 2.34. The Balaban J connectivity index is 2.11. The number of likely N-dealkylation sites (tertiary alicyclic amines) is 1. The Kier molecular flexibility index (Phi) is 4.24. The highest BCUT2D eigenvalue weighted by Gasteiger charge is 2.35. The summed E-state index contributed by atoms with van der Waals surface area (Å²) in [7, 11) is 0. The summed E-state index contributed by atoms with van der Waals surface area (Å²) in [6.45, 7) is 3.03. The van der Waals surface area contributed by atoms with Crippen LogP contribution in [0.4, 0.5) is 0 Å². The third-order valence-corrected chi connectivity index (χ3v) is 5.17. The molecule has 0 atom stereocenters. The maximum absolute atomic E-state index is 12.5. The van der Waals surface area contributed by atoms with Crippen LogP contribution < -0.4 is 0 Å². The standard InChI is InChI=1S/C15H18N2O2S/c1-11-9-12(18)3-4-13(11)14(19)17-7-5-15(10-16,20-2)6-8-17/h3-4,9,18H,5-8H2,1-2H3. The number of phenolic OH excluding ortho intramolecular Hbond substituents is 1. The maximum Gasteiger partial charge on any atom is 0.254 e. The number of amides is 1. The second kappa shape index (κ2) is 5.76. The van der Waals surface area contributed by atoms with Gasteiger partial charge in [-0.25, -0.2) is 0 Å².